The highest BCUT2D eigenvalue weighted by atomic mass is 32.1. The molecule has 0 saturated heterocycles. The lowest BCUT2D eigenvalue weighted by atomic mass is 10.1. The molecule has 2 rings (SSSR count). The molecule has 1 aromatic carbocycles. The van der Waals surface area contributed by atoms with Crippen LogP contribution in [0.3, 0.4) is 0 Å². The molecule has 0 saturated carbocycles. The molecule has 0 N–H and O–H groups in total. The van der Waals surface area contributed by atoms with Gasteiger partial charge < -0.3 is 0 Å². The van der Waals surface area contributed by atoms with Gasteiger partial charge in [-0.05, 0) is 41.3 Å². The van der Waals surface area contributed by atoms with Gasteiger partial charge in [0.2, 0.25) is 0 Å². The lowest BCUT2D eigenvalue weighted by Crippen LogP contribution is -1.84. The number of hydrogen-bond donors (Lipinski definition) is 0. The normalized spacial score (nSPS) is 10.2. The fourth-order valence-electron chi connectivity index (χ4n) is 1.33. The van der Waals surface area contributed by atoms with Crippen molar-refractivity contribution in [3.8, 4) is 0 Å². The predicted molar refractivity (Wildman–Crippen MR) is 58.3 cm³/mol. The first kappa shape index (κ1) is 8.52. The molecule has 2 aromatic rings. The first-order valence-corrected chi connectivity index (χ1v) is 5.35. The summed E-state index contributed by atoms with van der Waals surface area (Å²) >= 11 is 1.76. The van der Waals surface area contributed by atoms with Gasteiger partial charge in [0.1, 0.15) is 0 Å². The molecule has 66 valence electrons. The van der Waals surface area contributed by atoms with Gasteiger partial charge in [-0.1, -0.05) is 29.8 Å². The van der Waals surface area contributed by atoms with Crippen LogP contribution in [0.25, 0.3) is 0 Å². The standard InChI is InChI=1S/C12H12S/c1-10-2-4-11(5-3-10)8-12-6-7-13-9-12/h2-7,9H,8H2,1H3. The van der Waals surface area contributed by atoms with Gasteiger partial charge in [0.15, 0.2) is 0 Å². The van der Waals surface area contributed by atoms with Crippen LogP contribution in [-0.2, 0) is 6.42 Å². The summed E-state index contributed by atoms with van der Waals surface area (Å²) in [5.74, 6) is 0. The average molecular weight is 188 g/mol. The molecule has 1 aromatic heterocycles. The smallest absolute Gasteiger partial charge is 0.00175 e. The Balaban J connectivity index is 2.15. The molecule has 0 fully saturated rings. The van der Waals surface area contributed by atoms with Crippen molar-refractivity contribution in [2.24, 2.45) is 0 Å². The summed E-state index contributed by atoms with van der Waals surface area (Å²) in [4.78, 5) is 0. The summed E-state index contributed by atoms with van der Waals surface area (Å²) in [6.07, 6.45) is 1.06. The van der Waals surface area contributed by atoms with Gasteiger partial charge >= 0.3 is 0 Å². The molecule has 0 amide bonds. The minimum atomic E-state index is 1.06. The van der Waals surface area contributed by atoms with Crippen LogP contribution in [0.1, 0.15) is 16.7 Å². The number of thiophene rings is 1. The van der Waals surface area contributed by atoms with Gasteiger partial charge in [-0.3, -0.25) is 0 Å². The Morgan fingerprint density at radius 3 is 2.38 bits per heavy atom. The van der Waals surface area contributed by atoms with Gasteiger partial charge in [0.05, 0.1) is 0 Å². The van der Waals surface area contributed by atoms with Gasteiger partial charge in [-0.15, -0.1) is 0 Å². The van der Waals surface area contributed by atoms with E-state index >= 15 is 0 Å². The van der Waals surface area contributed by atoms with E-state index in [4.69, 9.17) is 0 Å². The zero-order chi connectivity index (χ0) is 9.10. The molecular weight excluding hydrogens is 176 g/mol. The second-order valence-corrected chi connectivity index (χ2v) is 4.07. The fraction of sp³-hybridized carbons (Fsp3) is 0.167. The Hall–Kier alpha value is -1.08. The van der Waals surface area contributed by atoms with Crippen LogP contribution in [0.5, 0.6) is 0 Å². The monoisotopic (exact) mass is 188 g/mol. The Morgan fingerprint density at radius 2 is 1.77 bits per heavy atom. The maximum Gasteiger partial charge on any atom is -0.00175 e. The van der Waals surface area contributed by atoms with E-state index in [1.807, 2.05) is 0 Å². The van der Waals surface area contributed by atoms with Crippen LogP contribution in [0.4, 0.5) is 0 Å². The fourth-order valence-corrected chi connectivity index (χ4v) is 2.00. The summed E-state index contributed by atoms with van der Waals surface area (Å²) in [6, 6.07) is 10.9. The summed E-state index contributed by atoms with van der Waals surface area (Å²) in [5.41, 5.74) is 4.13. The quantitative estimate of drug-likeness (QED) is 0.675. The zero-order valence-electron chi connectivity index (χ0n) is 7.66. The van der Waals surface area contributed by atoms with E-state index in [0.29, 0.717) is 0 Å². The SMILES string of the molecule is Cc1ccc(Cc2ccsc2)cc1. The summed E-state index contributed by atoms with van der Waals surface area (Å²) in [5, 5.41) is 4.34. The van der Waals surface area contributed by atoms with E-state index in [2.05, 4.69) is 48.0 Å². The molecular formula is C12H12S. The molecule has 13 heavy (non-hydrogen) atoms. The van der Waals surface area contributed by atoms with Crippen molar-refractivity contribution in [3.63, 3.8) is 0 Å². The van der Waals surface area contributed by atoms with Crippen molar-refractivity contribution in [1.82, 2.24) is 0 Å². The predicted octanol–water partition coefficient (Wildman–Crippen LogP) is 3.65. The van der Waals surface area contributed by atoms with Gasteiger partial charge in [-0.2, -0.15) is 11.3 Å². The molecule has 0 spiro atoms. The van der Waals surface area contributed by atoms with Crippen LogP contribution in [0.2, 0.25) is 0 Å². The van der Waals surface area contributed by atoms with Crippen molar-refractivity contribution in [1.29, 1.82) is 0 Å². The molecule has 0 aliphatic carbocycles. The van der Waals surface area contributed by atoms with E-state index < -0.39 is 0 Å². The molecule has 0 unspecified atom stereocenters. The molecule has 0 aliphatic rings. The first-order valence-electron chi connectivity index (χ1n) is 4.41. The zero-order valence-corrected chi connectivity index (χ0v) is 8.47. The number of hydrogen-bond acceptors (Lipinski definition) is 1. The summed E-state index contributed by atoms with van der Waals surface area (Å²) in [6.45, 7) is 2.12. The van der Waals surface area contributed by atoms with Crippen molar-refractivity contribution in [3.05, 3.63) is 57.8 Å². The van der Waals surface area contributed by atoms with E-state index in [-0.39, 0.29) is 0 Å². The number of rotatable bonds is 2. The van der Waals surface area contributed by atoms with Crippen molar-refractivity contribution >= 4 is 11.3 Å². The van der Waals surface area contributed by atoms with Crippen LogP contribution in [0.15, 0.2) is 41.1 Å². The second kappa shape index (κ2) is 3.75. The van der Waals surface area contributed by atoms with Crippen molar-refractivity contribution < 1.29 is 0 Å². The molecule has 1 heterocycles. The van der Waals surface area contributed by atoms with E-state index in [1.165, 1.54) is 16.7 Å². The van der Waals surface area contributed by atoms with Crippen LogP contribution in [0, 0.1) is 6.92 Å². The summed E-state index contributed by atoms with van der Waals surface area (Å²) < 4.78 is 0. The van der Waals surface area contributed by atoms with E-state index in [9.17, 15) is 0 Å². The molecule has 0 atom stereocenters. The molecule has 1 heteroatoms. The Labute approximate surface area is 82.9 Å². The third-order valence-corrected chi connectivity index (χ3v) is 2.84. The van der Waals surface area contributed by atoms with Crippen LogP contribution < -0.4 is 0 Å². The highest BCUT2D eigenvalue weighted by molar-refractivity contribution is 7.07. The molecule has 0 aliphatic heterocycles. The molecule has 0 nitrogen and oxygen atoms in total. The average Bonchev–Trinajstić information content (AvgIpc) is 2.62. The van der Waals surface area contributed by atoms with Gasteiger partial charge in [0.25, 0.3) is 0 Å². The van der Waals surface area contributed by atoms with E-state index in [0.717, 1.165) is 6.42 Å². The molecule has 0 radical (unpaired) electrons. The Bertz CT molecular complexity index is 357. The second-order valence-electron chi connectivity index (χ2n) is 3.29. The third-order valence-electron chi connectivity index (χ3n) is 2.11. The lowest BCUT2D eigenvalue weighted by molar-refractivity contribution is 1.20. The minimum absolute atomic E-state index is 1.06. The first-order chi connectivity index (χ1) is 6.34. The highest BCUT2D eigenvalue weighted by Crippen LogP contribution is 2.12. The minimum Gasteiger partial charge on any atom is -0.152 e. The number of aryl methyl sites for hydroxylation is 1. The highest BCUT2D eigenvalue weighted by Gasteiger charge is 1.95. The van der Waals surface area contributed by atoms with Gasteiger partial charge in [-0.25, -0.2) is 0 Å². The maximum atomic E-state index is 2.21. The van der Waals surface area contributed by atoms with Crippen LogP contribution >= 0.6 is 11.3 Å². The third kappa shape index (κ3) is 2.19. The summed E-state index contributed by atoms with van der Waals surface area (Å²) in [7, 11) is 0. The van der Waals surface area contributed by atoms with Crippen molar-refractivity contribution in [2.75, 3.05) is 0 Å². The topological polar surface area (TPSA) is 0 Å². The maximum absolute atomic E-state index is 2.21. The molecule has 0 bridgehead atoms. The van der Waals surface area contributed by atoms with Crippen molar-refractivity contribution in [2.45, 2.75) is 13.3 Å². The van der Waals surface area contributed by atoms with Gasteiger partial charge in [0, 0.05) is 0 Å². The van der Waals surface area contributed by atoms with Crippen LogP contribution in [-0.4, -0.2) is 0 Å². The Morgan fingerprint density at radius 1 is 1.00 bits per heavy atom. The largest absolute Gasteiger partial charge is 0.152 e. The number of benzene rings is 1. The lowest BCUT2D eigenvalue weighted by Gasteiger charge is -1.99. The van der Waals surface area contributed by atoms with E-state index in [1.54, 1.807) is 11.3 Å². The Kier molecular flexibility index (Phi) is 2.46.